The van der Waals surface area contributed by atoms with Gasteiger partial charge in [-0.3, -0.25) is 4.79 Å². The second kappa shape index (κ2) is 7.43. The Bertz CT molecular complexity index is 711. The molecular weight excluding hydrogens is 342 g/mol. The average Bonchev–Trinajstić information content (AvgIpc) is 3.29. The highest BCUT2D eigenvalue weighted by Crippen LogP contribution is 2.28. The maximum Gasteiger partial charge on any atom is 0.279 e. The number of aryl methyl sites for hydroxylation is 1. The first kappa shape index (κ1) is 18.3. The SMILES string of the molecule is CN(Cc1nccn1C)C(=O)[C@H]1CC[C@@H](NS(=O)(=O)N2CCCC2)C1. The number of hydrogen-bond acceptors (Lipinski definition) is 4. The molecule has 2 heterocycles. The largest absolute Gasteiger partial charge is 0.338 e. The molecule has 2 atom stereocenters. The molecule has 0 spiro atoms. The lowest BCUT2D eigenvalue weighted by Gasteiger charge is -2.22. The van der Waals surface area contributed by atoms with E-state index < -0.39 is 10.2 Å². The first-order valence-corrected chi connectivity index (χ1v) is 10.3. The number of nitrogens with zero attached hydrogens (tertiary/aromatic N) is 4. The maximum absolute atomic E-state index is 12.7. The summed E-state index contributed by atoms with van der Waals surface area (Å²) in [5.41, 5.74) is 0. The summed E-state index contributed by atoms with van der Waals surface area (Å²) in [5, 5.41) is 0. The zero-order chi connectivity index (χ0) is 18.0. The molecule has 1 aliphatic carbocycles. The van der Waals surface area contributed by atoms with Gasteiger partial charge in [-0.15, -0.1) is 0 Å². The van der Waals surface area contributed by atoms with E-state index in [0.717, 1.165) is 25.1 Å². The molecule has 25 heavy (non-hydrogen) atoms. The predicted octanol–water partition coefficient (Wildman–Crippen LogP) is 0.477. The zero-order valence-electron chi connectivity index (χ0n) is 14.9. The molecular formula is C16H27N5O3S. The van der Waals surface area contributed by atoms with Crippen LogP contribution in [0, 0.1) is 5.92 Å². The quantitative estimate of drug-likeness (QED) is 0.790. The van der Waals surface area contributed by atoms with Gasteiger partial charge in [0, 0.05) is 51.5 Å². The molecule has 9 heteroatoms. The van der Waals surface area contributed by atoms with Crippen LogP contribution in [-0.2, 0) is 28.6 Å². The Morgan fingerprint density at radius 3 is 2.72 bits per heavy atom. The summed E-state index contributed by atoms with van der Waals surface area (Å²) in [7, 11) is 0.264. The monoisotopic (exact) mass is 369 g/mol. The van der Waals surface area contributed by atoms with Crippen LogP contribution in [0.25, 0.3) is 0 Å². The Morgan fingerprint density at radius 1 is 1.36 bits per heavy atom. The topological polar surface area (TPSA) is 87.5 Å². The minimum absolute atomic E-state index is 0.0610. The smallest absolute Gasteiger partial charge is 0.279 e. The van der Waals surface area contributed by atoms with Crippen molar-refractivity contribution in [2.24, 2.45) is 13.0 Å². The van der Waals surface area contributed by atoms with Crippen molar-refractivity contribution in [1.82, 2.24) is 23.5 Å². The minimum atomic E-state index is -3.41. The molecule has 140 valence electrons. The molecule has 1 amide bonds. The third-order valence-corrected chi connectivity index (χ3v) is 6.85. The first-order valence-electron chi connectivity index (χ1n) is 8.85. The summed E-state index contributed by atoms with van der Waals surface area (Å²) < 4.78 is 30.9. The average molecular weight is 369 g/mol. The van der Waals surface area contributed by atoms with E-state index in [1.54, 1.807) is 18.1 Å². The van der Waals surface area contributed by atoms with Gasteiger partial charge in [0.2, 0.25) is 5.91 Å². The van der Waals surface area contributed by atoms with Crippen molar-refractivity contribution in [2.75, 3.05) is 20.1 Å². The standard InChI is InChI=1S/C16H27N5O3S/c1-19-10-7-17-15(19)12-20(2)16(22)13-5-6-14(11-13)18-25(23,24)21-8-3-4-9-21/h7,10,13-14,18H,3-6,8-9,11-12H2,1-2H3/t13-,14+/m0/s1. The second-order valence-corrected chi connectivity index (χ2v) is 8.79. The molecule has 1 aromatic rings. The molecule has 1 aliphatic heterocycles. The van der Waals surface area contributed by atoms with Crippen LogP contribution in [0.15, 0.2) is 12.4 Å². The summed E-state index contributed by atoms with van der Waals surface area (Å²) in [5.74, 6) is 0.766. The Labute approximate surface area is 149 Å². The molecule has 8 nitrogen and oxygen atoms in total. The van der Waals surface area contributed by atoms with Crippen LogP contribution in [0.5, 0.6) is 0 Å². The number of imidazole rings is 1. The van der Waals surface area contributed by atoms with E-state index in [9.17, 15) is 13.2 Å². The van der Waals surface area contributed by atoms with Crippen molar-refractivity contribution in [3.63, 3.8) is 0 Å². The molecule has 0 aromatic carbocycles. The molecule has 2 aliphatic rings. The number of nitrogens with one attached hydrogen (secondary N) is 1. The van der Waals surface area contributed by atoms with Gasteiger partial charge < -0.3 is 9.47 Å². The van der Waals surface area contributed by atoms with E-state index in [-0.39, 0.29) is 17.9 Å². The van der Waals surface area contributed by atoms with Crippen LogP contribution in [0.1, 0.15) is 37.9 Å². The van der Waals surface area contributed by atoms with Crippen LogP contribution in [0.4, 0.5) is 0 Å². The van der Waals surface area contributed by atoms with Crippen LogP contribution < -0.4 is 4.72 Å². The lowest BCUT2D eigenvalue weighted by atomic mass is 10.1. The van der Waals surface area contributed by atoms with Gasteiger partial charge in [-0.05, 0) is 32.1 Å². The lowest BCUT2D eigenvalue weighted by Crippen LogP contribution is -2.43. The zero-order valence-corrected chi connectivity index (χ0v) is 15.7. The summed E-state index contributed by atoms with van der Waals surface area (Å²) in [6.45, 7) is 1.65. The highest BCUT2D eigenvalue weighted by molar-refractivity contribution is 7.87. The molecule has 2 fully saturated rings. The van der Waals surface area contributed by atoms with E-state index in [4.69, 9.17) is 0 Å². The predicted molar refractivity (Wildman–Crippen MR) is 93.7 cm³/mol. The third kappa shape index (κ3) is 4.21. The molecule has 1 saturated carbocycles. The van der Waals surface area contributed by atoms with E-state index in [0.29, 0.717) is 32.5 Å². The van der Waals surface area contributed by atoms with Gasteiger partial charge in [-0.25, -0.2) is 4.98 Å². The van der Waals surface area contributed by atoms with Gasteiger partial charge in [0.05, 0.1) is 6.54 Å². The number of aromatic nitrogens is 2. The molecule has 0 radical (unpaired) electrons. The Balaban J connectivity index is 1.53. The minimum Gasteiger partial charge on any atom is -0.338 e. The van der Waals surface area contributed by atoms with E-state index >= 15 is 0 Å². The lowest BCUT2D eigenvalue weighted by molar-refractivity contribution is -0.134. The van der Waals surface area contributed by atoms with Crippen molar-refractivity contribution in [2.45, 2.75) is 44.7 Å². The highest BCUT2D eigenvalue weighted by Gasteiger charge is 2.35. The molecule has 3 rings (SSSR count). The summed E-state index contributed by atoms with van der Waals surface area (Å²) in [6.07, 6.45) is 7.40. The molecule has 1 saturated heterocycles. The van der Waals surface area contributed by atoms with Crippen molar-refractivity contribution in [3.05, 3.63) is 18.2 Å². The van der Waals surface area contributed by atoms with Crippen LogP contribution in [0.3, 0.4) is 0 Å². The van der Waals surface area contributed by atoms with E-state index in [1.165, 1.54) is 4.31 Å². The summed E-state index contributed by atoms with van der Waals surface area (Å²) in [4.78, 5) is 18.6. The van der Waals surface area contributed by atoms with Crippen LogP contribution in [-0.4, -0.2) is 59.3 Å². The van der Waals surface area contributed by atoms with Gasteiger partial charge in [0.1, 0.15) is 5.82 Å². The first-order chi connectivity index (χ1) is 11.9. The fourth-order valence-electron chi connectivity index (χ4n) is 3.68. The normalized spacial score (nSPS) is 24.7. The van der Waals surface area contributed by atoms with Crippen LogP contribution >= 0.6 is 0 Å². The van der Waals surface area contributed by atoms with Crippen molar-refractivity contribution in [3.8, 4) is 0 Å². The fourth-order valence-corrected chi connectivity index (χ4v) is 5.20. The second-order valence-electron chi connectivity index (χ2n) is 7.08. The molecule has 0 unspecified atom stereocenters. The van der Waals surface area contributed by atoms with Gasteiger partial charge in [0.25, 0.3) is 10.2 Å². The van der Waals surface area contributed by atoms with Crippen LogP contribution in [0.2, 0.25) is 0 Å². The molecule has 1 N–H and O–H groups in total. The third-order valence-electron chi connectivity index (χ3n) is 5.18. The number of carbonyl (C=O) groups excluding carboxylic acids is 1. The number of hydrogen-bond donors (Lipinski definition) is 1. The number of rotatable bonds is 6. The fraction of sp³-hybridized carbons (Fsp3) is 0.750. The van der Waals surface area contributed by atoms with Gasteiger partial charge >= 0.3 is 0 Å². The van der Waals surface area contributed by atoms with Crippen molar-refractivity contribution in [1.29, 1.82) is 0 Å². The summed E-state index contributed by atoms with van der Waals surface area (Å²) >= 11 is 0. The Hall–Kier alpha value is -1.45. The summed E-state index contributed by atoms with van der Waals surface area (Å²) in [6, 6.07) is -0.152. The molecule has 1 aromatic heterocycles. The molecule has 0 bridgehead atoms. The Morgan fingerprint density at radius 2 is 2.08 bits per heavy atom. The maximum atomic E-state index is 12.7. The van der Waals surface area contributed by atoms with E-state index in [1.807, 2.05) is 17.8 Å². The van der Waals surface area contributed by atoms with Gasteiger partial charge in [-0.1, -0.05) is 0 Å². The van der Waals surface area contributed by atoms with Crippen molar-refractivity contribution >= 4 is 16.1 Å². The van der Waals surface area contributed by atoms with Gasteiger partial charge in [-0.2, -0.15) is 17.4 Å². The van der Waals surface area contributed by atoms with Gasteiger partial charge in [0.15, 0.2) is 0 Å². The van der Waals surface area contributed by atoms with E-state index in [2.05, 4.69) is 9.71 Å². The highest BCUT2D eigenvalue weighted by atomic mass is 32.2. The number of carbonyl (C=O) groups is 1. The Kier molecular flexibility index (Phi) is 5.45. The van der Waals surface area contributed by atoms with Crippen molar-refractivity contribution < 1.29 is 13.2 Å². The number of amides is 1.